The van der Waals surface area contributed by atoms with Crippen LogP contribution in [0.25, 0.3) is 0 Å². The van der Waals surface area contributed by atoms with Gasteiger partial charge in [-0.05, 0) is 25.3 Å². The van der Waals surface area contributed by atoms with Crippen molar-refractivity contribution in [1.29, 1.82) is 0 Å². The average Bonchev–Trinajstić information content (AvgIpc) is 2.39. The van der Waals surface area contributed by atoms with E-state index in [2.05, 4.69) is 0 Å². The Bertz CT molecular complexity index is 451. The van der Waals surface area contributed by atoms with Gasteiger partial charge in [-0.3, -0.25) is 4.18 Å². The molecular formula is C15H21O4S-. The Balaban J connectivity index is 2.14. The van der Waals surface area contributed by atoms with Gasteiger partial charge in [0, 0.05) is 6.42 Å². The van der Waals surface area contributed by atoms with Crippen LogP contribution in [0.15, 0.2) is 24.3 Å². The van der Waals surface area contributed by atoms with Crippen LogP contribution in [0.2, 0.25) is 0 Å². The fourth-order valence-corrected chi connectivity index (χ4v) is 3.21. The summed E-state index contributed by atoms with van der Waals surface area (Å²) >= 11 is -2.59. The maximum Gasteiger partial charge on any atom is 0.101 e. The molecule has 112 valence electrons. The molecule has 2 unspecified atom stereocenters. The molecule has 1 fully saturated rings. The normalized spacial score (nSPS) is 21.4. The molecular weight excluding hydrogens is 276 g/mol. The van der Waals surface area contributed by atoms with Crippen LogP contribution < -0.4 is 0 Å². The number of benzene rings is 1. The van der Waals surface area contributed by atoms with Crippen molar-refractivity contribution in [2.45, 2.75) is 57.2 Å². The van der Waals surface area contributed by atoms with E-state index in [1.165, 1.54) is 0 Å². The molecule has 0 aromatic heterocycles. The predicted molar refractivity (Wildman–Crippen MR) is 76.6 cm³/mol. The van der Waals surface area contributed by atoms with Gasteiger partial charge in [-0.1, -0.05) is 49.1 Å². The van der Waals surface area contributed by atoms with E-state index in [0.717, 1.165) is 30.4 Å². The molecule has 20 heavy (non-hydrogen) atoms. The smallest absolute Gasteiger partial charge is 0.101 e. The van der Waals surface area contributed by atoms with Crippen LogP contribution in [0, 0.1) is 6.92 Å². The lowest BCUT2D eigenvalue weighted by Crippen LogP contribution is -2.34. The van der Waals surface area contributed by atoms with Crippen LogP contribution in [-0.4, -0.2) is 19.5 Å². The molecule has 2 rings (SSSR count). The molecule has 0 spiro atoms. The number of rotatable bonds is 5. The maximum absolute atomic E-state index is 10.9. The summed E-state index contributed by atoms with van der Waals surface area (Å²) < 4.78 is 26.8. The molecule has 1 aliphatic carbocycles. The summed E-state index contributed by atoms with van der Waals surface area (Å²) in [6.07, 6.45) is 4.23. The van der Waals surface area contributed by atoms with E-state index in [0.29, 0.717) is 19.3 Å². The number of hydrogen-bond donors (Lipinski definition) is 1. The Morgan fingerprint density at radius 1 is 1.30 bits per heavy atom. The quantitative estimate of drug-likeness (QED) is 0.848. The molecule has 0 saturated heterocycles. The van der Waals surface area contributed by atoms with Crippen LogP contribution in [0.5, 0.6) is 0 Å². The lowest BCUT2D eigenvalue weighted by Gasteiger charge is -2.35. The molecule has 5 heteroatoms. The lowest BCUT2D eigenvalue weighted by atomic mass is 9.80. The second-order valence-corrected chi connectivity index (χ2v) is 6.29. The van der Waals surface area contributed by atoms with E-state index in [1.54, 1.807) is 0 Å². The molecule has 0 bridgehead atoms. The summed E-state index contributed by atoms with van der Waals surface area (Å²) in [4.78, 5) is 0. The Morgan fingerprint density at radius 3 is 2.45 bits per heavy atom. The highest BCUT2D eigenvalue weighted by molar-refractivity contribution is 7.74. The Hall–Kier alpha value is -0.750. The van der Waals surface area contributed by atoms with Gasteiger partial charge in [-0.15, -0.1) is 0 Å². The first-order valence-electron chi connectivity index (χ1n) is 7.04. The molecule has 4 nitrogen and oxygen atoms in total. The zero-order valence-electron chi connectivity index (χ0n) is 11.7. The van der Waals surface area contributed by atoms with Gasteiger partial charge in [-0.25, -0.2) is 4.21 Å². The summed E-state index contributed by atoms with van der Waals surface area (Å²) in [5.74, 6) is 0. The molecule has 2 atom stereocenters. The number of aliphatic hydroxyl groups is 1. The summed E-state index contributed by atoms with van der Waals surface area (Å²) in [5.41, 5.74) is 1.08. The monoisotopic (exact) mass is 297 g/mol. The highest BCUT2D eigenvalue weighted by atomic mass is 32.2. The van der Waals surface area contributed by atoms with Crippen LogP contribution >= 0.6 is 0 Å². The minimum absolute atomic E-state index is 0.323. The van der Waals surface area contributed by atoms with Crippen molar-refractivity contribution in [3.63, 3.8) is 0 Å². The van der Waals surface area contributed by atoms with Gasteiger partial charge in [0.15, 0.2) is 0 Å². The number of aryl methyl sites for hydroxylation is 1. The van der Waals surface area contributed by atoms with Crippen molar-refractivity contribution < 1.29 is 18.1 Å². The summed E-state index contributed by atoms with van der Waals surface area (Å²) in [5, 5.41) is 10.6. The van der Waals surface area contributed by atoms with Gasteiger partial charge in [0.05, 0.1) is 17.0 Å². The fourth-order valence-electron chi connectivity index (χ4n) is 2.84. The molecule has 0 heterocycles. The zero-order chi connectivity index (χ0) is 14.6. The first-order valence-corrected chi connectivity index (χ1v) is 8.04. The minimum atomic E-state index is -2.59. The minimum Gasteiger partial charge on any atom is -0.750 e. The van der Waals surface area contributed by atoms with Gasteiger partial charge < -0.3 is 9.66 Å². The van der Waals surface area contributed by atoms with Crippen molar-refractivity contribution in [3.8, 4) is 0 Å². The van der Waals surface area contributed by atoms with Crippen molar-refractivity contribution in [2.75, 3.05) is 0 Å². The second-order valence-electron chi connectivity index (χ2n) is 5.69. The van der Waals surface area contributed by atoms with Crippen molar-refractivity contribution in [2.24, 2.45) is 0 Å². The fraction of sp³-hybridized carbons (Fsp3) is 0.600. The molecule has 1 aromatic rings. The average molecular weight is 297 g/mol. The van der Waals surface area contributed by atoms with Gasteiger partial charge in [0.25, 0.3) is 0 Å². The van der Waals surface area contributed by atoms with Crippen LogP contribution in [-0.2, 0) is 15.5 Å². The first kappa shape index (κ1) is 15.6. The van der Waals surface area contributed by atoms with E-state index in [9.17, 15) is 13.9 Å². The highest BCUT2D eigenvalue weighted by Gasteiger charge is 2.33. The van der Waals surface area contributed by atoms with Crippen molar-refractivity contribution in [1.82, 2.24) is 0 Å². The van der Waals surface area contributed by atoms with Gasteiger partial charge in [0.1, 0.15) is 6.10 Å². The summed E-state index contributed by atoms with van der Waals surface area (Å²) in [6.45, 7) is 1.97. The first-order chi connectivity index (χ1) is 9.48. The largest absolute Gasteiger partial charge is 0.750 e. The molecule has 0 radical (unpaired) electrons. The van der Waals surface area contributed by atoms with Crippen LogP contribution in [0.3, 0.4) is 0 Å². The molecule has 0 aliphatic heterocycles. The SMILES string of the molecule is Cc1ccc(C(CC2(O)CCCCC2)OS(=O)[O-])cc1. The van der Waals surface area contributed by atoms with Crippen molar-refractivity contribution in [3.05, 3.63) is 35.4 Å². The Morgan fingerprint density at radius 2 is 1.90 bits per heavy atom. The third kappa shape index (κ3) is 4.38. The second kappa shape index (κ2) is 6.80. The summed E-state index contributed by atoms with van der Waals surface area (Å²) in [6, 6.07) is 7.56. The zero-order valence-corrected chi connectivity index (χ0v) is 12.5. The van der Waals surface area contributed by atoms with Crippen LogP contribution in [0.1, 0.15) is 55.8 Å². The van der Waals surface area contributed by atoms with E-state index < -0.39 is 23.1 Å². The topological polar surface area (TPSA) is 69.6 Å². The Labute approximate surface area is 122 Å². The van der Waals surface area contributed by atoms with Crippen molar-refractivity contribution >= 4 is 11.4 Å². The Kier molecular flexibility index (Phi) is 5.32. The predicted octanol–water partition coefficient (Wildman–Crippen LogP) is 2.93. The highest BCUT2D eigenvalue weighted by Crippen LogP contribution is 2.37. The van der Waals surface area contributed by atoms with E-state index in [-0.39, 0.29) is 0 Å². The molecule has 1 aliphatic rings. The molecule has 0 amide bonds. The molecule has 1 N–H and O–H groups in total. The third-order valence-corrected chi connectivity index (χ3v) is 4.38. The standard InChI is InChI=1S/C15H22O4S/c1-12-5-7-13(8-6-12)14(19-20(17)18)11-15(16)9-3-2-4-10-15/h5-8,14,16H,2-4,9-11H2,1H3,(H,17,18)/p-1. The lowest BCUT2D eigenvalue weighted by molar-refractivity contribution is -0.0320. The maximum atomic E-state index is 10.9. The van der Waals surface area contributed by atoms with Crippen LogP contribution in [0.4, 0.5) is 0 Å². The number of hydrogen-bond acceptors (Lipinski definition) is 4. The van der Waals surface area contributed by atoms with E-state index in [4.69, 9.17) is 4.18 Å². The third-order valence-electron chi connectivity index (χ3n) is 3.99. The van der Waals surface area contributed by atoms with Gasteiger partial charge in [-0.2, -0.15) is 0 Å². The molecule has 1 aromatic carbocycles. The van der Waals surface area contributed by atoms with Gasteiger partial charge in [0.2, 0.25) is 0 Å². The molecule has 1 saturated carbocycles. The summed E-state index contributed by atoms with van der Waals surface area (Å²) in [7, 11) is 0. The van der Waals surface area contributed by atoms with E-state index in [1.807, 2.05) is 31.2 Å². The van der Waals surface area contributed by atoms with E-state index >= 15 is 0 Å². The van der Waals surface area contributed by atoms with Gasteiger partial charge >= 0.3 is 0 Å².